The number of benzene rings is 1. The topological polar surface area (TPSA) is 93.2 Å². The van der Waals surface area contributed by atoms with Crippen molar-refractivity contribution in [3.05, 3.63) is 47.9 Å². The molecule has 1 aromatic carbocycles. The molecule has 2 amide bonds. The molecule has 1 aliphatic rings. The summed E-state index contributed by atoms with van der Waals surface area (Å²) in [6.45, 7) is 4.58. The minimum absolute atomic E-state index is 0.0627. The number of halogens is 1. The third-order valence-electron chi connectivity index (χ3n) is 4.65. The Bertz CT molecular complexity index is 835. The predicted octanol–water partition coefficient (Wildman–Crippen LogP) is 2.18. The molecule has 27 heavy (non-hydrogen) atoms. The highest BCUT2D eigenvalue weighted by atomic mass is 19.1. The van der Waals surface area contributed by atoms with E-state index in [2.05, 4.69) is 10.4 Å². The van der Waals surface area contributed by atoms with Crippen molar-refractivity contribution < 1.29 is 14.0 Å². The zero-order valence-electron chi connectivity index (χ0n) is 15.5. The zero-order chi connectivity index (χ0) is 19.6. The van der Waals surface area contributed by atoms with Gasteiger partial charge in [-0.25, -0.2) is 9.07 Å². The molecule has 0 unspecified atom stereocenters. The standard InChI is InChI=1S/C19H24FN5O2/c1-19(2,21)18(27)24-10-7-15(8-11-24)25-16(6-9-22-25)23-17(26)13-4-3-5-14(20)12-13/h3-6,9,12,15H,7-8,10-11,21H2,1-2H3,(H,23,26). The number of nitrogens with two attached hydrogens (primary N) is 1. The molecule has 144 valence electrons. The number of carbonyl (C=O) groups excluding carboxylic acids is 2. The Kier molecular flexibility index (Phi) is 5.27. The van der Waals surface area contributed by atoms with Crippen LogP contribution >= 0.6 is 0 Å². The molecule has 0 bridgehead atoms. The maximum Gasteiger partial charge on any atom is 0.256 e. The molecular formula is C19H24FN5O2. The molecule has 0 saturated carbocycles. The highest BCUT2D eigenvalue weighted by Crippen LogP contribution is 2.26. The zero-order valence-corrected chi connectivity index (χ0v) is 15.5. The van der Waals surface area contributed by atoms with E-state index in [1.807, 2.05) is 0 Å². The van der Waals surface area contributed by atoms with Crippen molar-refractivity contribution in [2.45, 2.75) is 38.3 Å². The lowest BCUT2D eigenvalue weighted by molar-refractivity contribution is -0.137. The summed E-state index contributed by atoms with van der Waals surface area (Å²) in [6, 6.07) is 7.30. The number of carbonyl (C=O) groups is 2. The van der Waals surface area contributed by atoms with Crippen molar-refractivity contribution in [3.63, 3.8) is 0 Å². The van der Waals surface area contributed by atoms with E-state index >= 15 is 0 Å². The van der Waals surface area contributed by atoms with Crippen LogP contribution in [-0.2, 0) is 4.79 Å². The molecule has 1 aliphatic heterocycles. The van der Waals surface area contributed by atoms with Gasteiger partial charge in [0, 0.05) is 24.7 Å². The second-order valence-electron chi connectivity index (χ2n) is 7.37. The largest absolute Gasteiger partial charge is 0.341 e. The van der Waals surface area contributed by atoms with E-state index < -0.39 is 17.3 Å². The first-order chi connectivity index (χ1) is 12.8. The molecule has 0 atom stereocenters. The van der Waals surface area contributed by atoms with Crippen LogP contribution in [-0.4, -0.2) is 45.1 Å². The van der Waals surface area contributed by atoms with Gasteiger partial charge < -0.3 is 16.0 Å². The summed E-state index contributed by atoms with van der Waals surface area (Å²) in [4.78, 5) is 26.4. The first-order valence-corrected chi connectivity index (χ1v) is 8.94. The van der Waals surface area contributed by atoms with Gasteiger partial charge in [-0.3, -0.25) is 9.59 Å². The average molecular weight is 373 g/mol. The molecule has 0 radical (unpaired) electrons. The third-order valence-corrected chi connectivity index (χ3v) is 4.65. The number of nitrogens with one attached hydrogen (secondary N) is 1. The third kappa shape index (κ3) is 4.33. The Balaban J connectivity index is 1.66. The fourth-order valence-electron chi connectivity index (χ4n) is 3.24. The second kappa shape index (κ2) is 7.48. The van der Waals surface area contributed by atoms with Gasteiger partial charge in [-0.15, -0.1) is 0 Å². The Morgan fingerprint density at radius 1 is 1.26 bits per heavy atom. The fraction of sp³-hybridized carbons (Fsp3) is 0.421. The SMILES string of the molecule is CC(C)(N)C(=O)N1CCC(n2nccc2NC(=O)c2cccc(F)c2)CC1. The number of rotatable bonds is 4. The van der Waals surface area contributed by atoms with E-state index in [1.165, 1.54) is 18.2 Å². The fourth-order valence-corrected chi connectivity index (χ4v) is 3.24. The molecule has 8 heteroatoms. The minimum atomic E-state index is -0.886. The molecule has 7 nitrogen and oxygen atoms in total. The van der Waals surface area contributed by atoms with E-state index in [-0.39, 0.29) is 17.5 Å². The van der Waals surface area contributed by atoms with Crippen LogP contribution in [0.15, 0.2) is 36.5 Å². The normalized spacial score (nSPS) is 15.6. The van der Waals surface area contributed by atoms with Crippen LogP contribution in [0.3, 0.4) is 0 Å². The number of amides is 2. The number of nitrogens with zero attached hydrogens (tertiary/aromatic N) is 3. The number of hydrogen-bond donors (Lipinski definition) is 2. The van der Waals surface area contributed by atoms with Gasteiger partial charge in [0.05, 0.1) is 17.8 Å². The highest BCUT2D eigenvalue weighted by molar-refractivity contribution is 6.03. The smallest absolute Gasteiger partial charge is 0.256 e. The minimum Gasteiger partial charge on any atom is -0.341 e. The number of aromatic nitrogens is 2. The maximum absolute atomic E-state index is 13.3. The number of likely N-dealkylation sites (tertiary alicyclic amines) is 1. The lowest BCUT2D eigenvalue weighted by Gasteiger charge is -2.36. The van der Waals surface area contributed by atoms with Gasteiger partial charge in [-0.1, -0.05) is 6.07 Å². The van der Waals surface area contributed by atoms with Crippen molar-refractivity contribution in [2.75, 3.05) is 18.4 Å². The van der Waals surface area contributed by atoms with Crippen molar-refractivity contribution in [3.8, 4) is 0 Å². The van der Waals surface area contributed by atoms with Crippen molar-refractivity contribution in [1.82, 2.24) is 14.7 Å². The van der Waals surface area contributed by atoms with Gasteiger partial charge >= 0.3 is 0 Å². The average Bonchev–Trinajstić information content (AvgIpc) is 3.08. The van der Waals surface area contributed by atoms with E-state index in [0.29, 0.717) is 31.7 Å². The lowest BCUT2D eigenvalue weighted by Crippen LogP contribution is -2.53. The van der Waals surface area contributed by atoms with Gasteiger partial charge in [-0.05, 0) is 44.9 Å². The first-order valence-electron chi connectivity index (χ1n) is 8.94. The Hall–Kier alpha value is -2.74. The van der Waals surface area contributed by atoms with Crippen LogP contribution in [0.25, 0.3) is 0 Å². The van der Waals surface area contributed by atoms with E-state index in [0.717, 1.165) is 0 Å². The lowest BCUT2D eigenvalue weighted by atomic mass is 10.0. The molecule has 2 heterocycles. The summed E-state index contributed by atoms with van der Waals surface area (Å²) in [5, 5.41) is 7.11. The predicted molar refractivity (Wildman–Crippen MR) is 99.7 cm³/mol. The summed E-state index contributed by atoms with van der Waals surface area (Å²) < 4.78 is 15.1. The van der Waals surface area contributed by atoms with Crippen molar-refractivity contribution >= 4 is 17.6 Å². The van der Waals surface area contributed by atoms with Crippen LogP contribution in [0.5, 0.6) is 0 Å². The van der Waals surface area contributed by atoms with Gasteiger partial charge in [0.2, 0.25) is 5.91 Å². The van der Waals surface area contributed by atoms with E-state index in [9.17, 15) is 14.0 Å². The Labute approximate surface area is 157 Å². The van der Waals surface area contributed by atoms with Crippen LogP contribution in [0.2, 0.25) is 0 Å². The summed E-state index contributed by atoms with van der Waals surface area (Å²) in [5.74, 6) is -0.376. The molecule has 0 spiro atoms. The molecule has 1 aromatic heterocycles. The molecular weight excluding hydrogens is 349 g/mol. The molecule has 2 aromatic rings. The van der Waals surface area contributed by atoms with Gasteiger partial charge in [0.15, 0.2) is 0 Å². The Morgan fingerprint density at radius 2 is 1.96 bits per heavy atom. The van der Waals surface area contributed by atoms with Gasteiger partial charge in [-0.2, -0.15) is 5.10 Å². The number of anilines is 1. The van der Waals surface area contributed by atoms with E-state index in [4.69, 9.17) is 5.73 Å². The summed E-state index contributed by atoms with van der Waals surface area (Å²) >= 11 is 0. The van der Waals surface area contributed by atoms with Gasteiger partial charge in [0.1, 0.15) is 11.6 Å². The van der Waals surface area contributed by atoms with E-state index in [1.54, 1.807) is 41.8 Å². The summed E-state index contributed by atoms with van der Waals surface area (Å²) in [6.07, 6.45) is 3.04. The second-order valence-corrected chi connectivity index (χ2v) is 7.37. The van der Waals surface area contributed by atoms with Crippen molar-refractivity contribution in [1.29, 1.82) is 0 Å². The highest BCUT2D eigenvalue weighted by Gasteiger charge is 2.32. The van der Waals surface area contributed by atoms with Crippen molar-refractivity contribution in [2.24, 2.45) is 5.73 Å². The van der Waals surface area contributed by atoms with Crippen LogP contribution in [0.4, 0.5) is 10.2 Å². The van der Waals surface area contributed by atoms with Gasteiger partial charge in [0.25, 0.3) is 5.91 Å². The number of hydrogen-bond acceptors (Lipinski definition) is 4. The quantitative estimate of drug-likeness (QED) is 0.859. The van der Waals surface area contributed by atoms with Crippen LogP contribution in [0.1, 0.15) is 43.1 Å². The number of piperidine rings is 1. The maximum atomic E-state index is 13.3. The molecule has 0 aliphatic carbocycles. The Morgan fingerprint density at radius 3 is 2.59 bits per heavy atom. The summed E-state index contributed by atoms with van der Waals surface area (Å²) in [7, 11) is 0. The first kappa shape index (κ1) is 19.0. The van der Waals surface area contributed by atoms with Crippen LogP contribution < -0.4 is 11.1 Å². The van der Waals surface area contributed by atoms with Crippen LogP contribution in [0, 0.1) is 5.82 Å². The monoisotopic (exact) mass is 373 g/mol. The molecule has 1 fully saturated rings. The molecule has 3 rings (SSSR count). The molecule has 3 N–H and O–H groups in total. The summed E-state index contributed by atoms with van der Waals surface area (Å²) in [5.41, 5.74) is 5.26. The molecule has 1 saturated heterocycles.